The lowest BCUT2D eigenvalue weighted by atomic mass is 9.74. The molecule has 7 heteroatoms. The normalized spacial score (nSPS) is 26.9. The molecule has 1 saturated carbocycles. The van der Waals surface area contributed by atoms with Gasteiger partial charge in [-0.25, -0.2) is 15.6 Å². The summed E-state index contributed by atoms with van der Waals surface area (Å²) >= 11 is 0. The fourth-order valence-electron chi connectivity index (χ4n) is 5.58. The first-order valence-electron chi connectivity index (χ1n) is 11.8. The Morgan fingerprint density at radius 2 is 1.78 bits per heavy atom. The van der Waals surface area contributed by atoms with Gasteiger partial charge in [0, 0.05) is 45.5 Å². The minimum atomic E-state index is -0.240. The summed E-state index contributed by atoms with van der Waals surface area (Å²) < 4.78 is 0. The molecule has 0 radical (unpaired) electrons. The maximum Gasteiger partial charge on any atom is 0.335 e. The molecule has 32 heavy (non-hydrogen) atoms. The van der Waals surface area contributed by atoms with Gasteiger partial charge in [0.05, 0.1) is 5.54 Å². The van der Waals surface area contributed by atoms with Crippen molar-refractivity contribution < 1.29 is 4.79 Å². The van der Waals surface area contributed by atoms with Crippen molar-refractivity contribution in [3.63, 3.8) is 0 Å². The SMILES string of the molecule is CN1CCN(c2cc(CN3CC4(CCC(c5ccccc5)CC4)N(N)C3=O)ccn2)CC1. The van der Waals surface area contributed by atoms with E-state index in [1.165, 1.54) is 10.6 Å². The molecule has 7 nitrogen and oxygen atoms in total. The second-order valence-corrected chi connectivity index (χ2v) is 9.73. The van der Waals surface area contributed by atoms with Gasteiger partial charge in [0.15, 0.2) is 0 Å². The number of nitrogens with two attached hydrogens (primary N) is 1. The number of carbonyl (C=O) groups is 1. The van der Waals surface area contributed by atoms with Crippen molar-refractivity contribution in [1.82, 2.24) is 19.8 Å². The summed E-state index contributed by atoms with van der Waals surface area (Å²) in [5.74, 6) is 7.96. The molecule has 3 fully saturated rings. The molecule has 2 aromatic rings. The molecule has 2 N–H and O–H groups in total. The van der Waals surface area contributed by atoms with Crippen LogP contribution >= 0.6 is 0 Å². The Balaban J connectivity index is 1.24. The van der Waals surface area contributed by atoms with E-state index in [1.807, 2.05) is 17.2 Å². The van der Waals surface area contributed by atoms with Gasteiger partial charge in [0.25, 0.3) is 0 Å². The summed E-state index contributed by atoms with van der Waals surface area (Å²) in [6, 6.07) is 14.8. The van der Waals surface area contributed by atoms with Crippen molar-refractivity contribution in [2.24, 2.45) is 5.84 Å². The van der Waals surface area contributed by atoms with Gasteiger partial charge in [0.1, 0.15) is 5.82 Å². The number of amides is 2. The smallest absolute Gasteiger partial charge is 0.335 e. The predicted octanol–water partition coefficient (Wildman–Crippen LogP) is 3.04. The van der Waals surface area contributed by atoms with Crippen LogP contribution in [-0.4, -0.2) is 71.1 Å². The summed E-state index contributed by atoms with van der Waals surface area (Å²) in [6.45, 7) is 5.35. The number of benzene rings is 1. The zero-order valence-electron chi connectivity index (χ0n) is 19.0. The van der Waals surface area contributed by atoms with Gasteiger partial charge in [0.2, 0.25) is 0 Å². The molecule has 1 aliphatic carbocycles. The Labute approximate surface area is 190 Å². The van der Waals surface area contributed by atoms with Crippen molar-refractivity contribution >= 4 is 11.8 Å². The number of nitrogens with zero attached hydrogens (tertiary/aromatic N) is 5. The highest BCUT2D eigenvalue weighted by atomic mass is 16.2. The van der Waals surface area contributed by atoms with E-state index < -0.39 is 0 Å². The maximum absolute atomic E-state index is 13.1. The summed E-state index contributed by atoms with van der Waals surface area (Å²) in [7, 11) is 2.15. The quantitative estimate of drug-likeness (QED) is 0.592. The molecule has 5 rings (SSSR count). The Kier molecular flexibility index (Phi) is 5.78. The van der Waals surface area contributed by atoms with Gasteiger partial charge in [-0.1, -0.05) is 30.3 Å². The van der Waals surface area contributed by atoms with E-state index in [0.29, 0.717) is 19.0 Å². The fraction of sp³-hybridized carbons (Fsp3) is 0.520. The molecule has 3 heterocycles. The number of piperazine rings is 1. The maximum atomic E-state index is 13.1. The second kappa shape index (κ2) is 8.71. The van der Waals surface area contributed by atoms with Crippen LogP contribution in [0.4, 0.5) is 10.6 Å². The van der Waals surface area contributed by atoms with Crippen LogP contribution in [0, 0.1) is 0 Å². The number of anilines is 1. The van der Waals surface area contributed by atoms with E-state index in [-0.39, 0.29) is 11.6 Å². The van der Waals surface area contributed by atoms with Crippen molar-refractivity contribution in [3.8, 4) is 0 Å². The lowest BCUT2D eigenvalue weighted by molar-refractivity contribution is 0.113. The van der Waals surface area contributed by atoms with E-state index >= 15 is 0 Å². The summed E-state index contributed by atoms with van der Waals surface area (Å²) in [5, 5.41) is 1.54. The number of urea groups is 1. The molecule has 1 spiro atoms. The zero-order valence-corrected chi connectivity index (χ0v) is 19.0. The average Bonchev–Trinajstić information content (AvgIpc) is 3.05. The van der Waals surface area contributed by atoms with E-state index in [2.05, 4.69) is 58.2 Å². The number of hydrogen-bond donors (Lipinski definition) is 1. The molecular formula is C25H34N6O. The number of aromatic nitrogens is 1. The number of hydrogen-bond acceptors (Lipinski definition) is 5. The summed E-state index contributed by atoms with van der Waals surface area (Å²) in [4.78, 5) is 24.2. The van der Waals surface area contributed by atoms with Crippen LogP contribution in [0.5, 0.6) is 0 Å². The Morgan fingerprint density at radius 1 is 1.06 bits per heavy atom. The van der Waals surface area contributed by atoms with Gasteiger partial charge in [-0.2, -0.15) is 0 Å². The molecule has 3 aliphatic rings. The molecular weight excluding hydrogens is 400 g/mol. The monoisotopic (exact) mass is 434 g/mol. The fourth-order valence-corrected chi connectivity index (χ4v) is 5.58. The first-order valence-corrected chi connectivity index (χ1v) is 11.8. The van der Waals surface area contributed by atoms with Gasteiger partial charge in [-0.15, -0.1) is 0 Å². The lowest BCUT2D eigenvalue weighted by Crippen LogP contribution is -2.53. The van der Waals surface area contributed by atoms with Crippen molar-refractivity contribution in [3.05, 3.63) is 59.8 Å². The highest BCUT2D eigenvalue weighted by Gasteiger charge is 2.50. The number of pyridine rings is 1. The third-order valence-electron chi connectivity index (χ3n) is 7.67. The molecule has 0 atom stereocenters. The van der Waals surface area contributed by atoms with Crippen LogP contribution in [0.25, 0.3) is 0 Å². The highest BCUT2D eigenvalue weighted by molar-refractivity contribution is 5.77. The molecule has 1 aromatic heterocycles. The Hall–Kier alpha value is -2.64. The van der Waals surface area contributed by atoms with Crippen LogP contribution in [0.2, 0.25) is 0 Å². The number of rotatable bonds is 4. The van der Waals surface area contributed by atoms with Crippen molar-refractivity contribution in [1.29, 1.82) is 0 Å². The zero-order chi connectivity index (χ0) is 22.1. The van der Waals surface area contributed by atoms with Crippen molar-refractivity contribution in [2.75, 3.05) is 44.7 Å². The van der Waals surface area contributed by atoms with Crippen LogP contribution in [-0.2, 0) is 6.54 Å². The average molecular weight is 435 g/mol. The Morgan fingerprint density at radius 3 is 2.50 bits per heavy atom. The van der Waals surface area contributed by atoms with Gasteiger partial charge in [-0.05, 0) is 61.9 Å². The summed E-state index contributed by atoms with van der Waals surface area (Å²) in [6.07, 6.45) is 5.91. The van der Waals surface area contributed by atoms with E-state index in [0.717, 1.165) is 63.2 Å². The summed E-state index contributed by atoms with van der Waals surface area (Å²) in [5.41, 5.74) is 2.28. The van der Waals surface area contributed by atoms with Crippen LogP contribution < -0.4 is 10.7 Å². The Bertz CT molecular complexity index is 934. The van der Waals surface area contributed by atoms with Gasteiger partial charge < -0.3 is 14.7 Å². The third kappa shape index (κ3) is 4.07. The van der Waals surface area contributed by atoms with Crippen LogP contribution in [0.1, 0.15) is 42.7 Å². The minimum absolute atomic E-state index is 0.0545. The van der Waals surface area contributed by atoms with Crippen LogP contribution in [0.15, 0.2) is 48.7 Å². The van der Waals surface area contributed by atoms with E-state index in [4.69, 9.17) is 5.84 Å². The molecule has 2 saturated heterocycles. The first kappa shape index (κ1) is 21.2. The highest BCUT2D eigenvalue weighted by Crippen LogP contribution is 2.43. The largest absolute Gasteiger partial charge is 0.354 e. The van der Waals surface area contributed by atoms with E-state index in [1.54, 1.807) is 0 Å². The first-order chi connectivity index (χ1) is 15.5. The topological polar surface area (TPSA) is 68.9 Å². The van der Waals surface area contributed by atoms with Crippen molar-refractivity contribution in [2.45, 2.75) is 43.7 Å². The van der Waals surface area contributed by atoms with E-state index in [9.17, 15) is 4.79 Å². The standard InChI is InChI=1S/C25H34N6O/c1-28-13-15-29(16-14-28)23-17-20(9-12-27-23)18-30-19-25(31(26)24(30)32)10-7-22(8-11-25)21-5-3-2-4-6-21/h2-6,9,12,17,22H,7-8,10-11,13-16,18-19,26H2,1H3. The minimum Gasteiger partial charge on any atom is -0.354 e. The third-order valence-corrected chi connectivity index (χ3v) is 7.67. The second-order valence-electron chi connectivity index (χ2n) is 9.73. The molecule has 1 aromatic carbocycles. The predicted molar refractivity (Wildman–Crippen MR) is 126 cm³/mol. The van der Waals surface area contributed by atoms with Gasteiger partial charge in [-0.3, -0.25) is 5.01 Å². The molecule has 170 valence electrons. The number of hydrazine groups is 1. The molecule has 0 bridgehead atoms. The van der Waals surface area contributed by atoms with Gasteiger partial charge >= 0.3 is 6.03 Å². The molecule has 2 aliphatic heterocycles. The van der Waals surface area contributed by atoms with Crippen LogP contribution in [0.3, 0.4) is 0 Å². The lowest BCUT2D eigenvalue weighted by Gasteiger charge is -2.40. The number of likely N-dealkylation sites (N-methyl/N-ethyl adjacent to an activating group) is 1. The molecule has 0 unspecified atom stereocenters. The molecule has 2 amide bonds. The number of carbonyl (C=O) groups excluding carboxylic acids is 1.